The van der Waals surface area contributed by atoms with Crippen molar-refractivity contribution in [1.29, 1.82) is 0 Å². The SMILES string of the molecule is COC(=O)c1csc(-c2cccnc2N)n1. The Hall–Kier alpha value is -1.95. The van der Waals surface area contributed by atoms with E-state index in [2.05, 4.69) is 14.7 Å². The largest absolute Gasteiger partial charge is 0.464 e. The van der Waals surface area contributed by atoms with Gasteiger partial charge in [0.15, 0.2) is 5.69 Å². The Bertz CT molecular complexity index is 524. The van der Waals surface area contributed by atoms with Gasteiger partial charge in [-0.2, -0.15) is 0 Å². The molecule has 0 saturated carbocycles. The highest BCUT2D eigenvalue weighted by molar-refractivity contribution is 7.13. The number of esters is 1. The molecule has 0 radical (unpaired) electrons. The Labute approximate surface area is 95.9 Å². The predicted molar refractivity (Wildman–Crippen MR) is 61.1 cm³/mol. The lowest BCUT2D eigenvalue weighted by Gasteiger charge is -1.98. The monoisotopic (exact) mass is 235 g/mol. The van der Waals surface area contributed by atoms with Gasteiger partial charge < -0.3 is 10.5 Å². The van der Waals surface area contributed by atoms with Crippen molar-refractivity contribution < 1.29 is 9.53 Å². The molecule has 0 fully saturated rings. The normalized spacial score (nSPS) is 10.1. The zero-order chi connectivity index (χ0) is 11.5. The maximum Gasteiger partial charge on any atom is 0.357 e. The molecule has 82 valence electrons. The van der Waals surface area contributed by atoms with Gasteiger partial charge in [-0.25, -0.2) is 14.8 Å². The Morgan fingerprint density at radius 3 is 3.06 bits per heavy atom. The minimum atomic E-state index is -0.454. The predicted octanol–water partition coefficient (Wildman–Crippen LogP) is 1.57. The van der Waals surface area contributed by atoms with E-state index in [1.165, 1.54) is 18.4 Å². The third kappa shape index (κ3) is 1.87. The van der Waals surface area contributed by atoms with Gasteiger partial charge in [-0.05, 0) is 12.1 Å². The fraction of sp³-hybridized carbons (Fsp3) is 0.100. The molecule has 0 bridgehead atoms. The topological polar surface area (TPSA) is 78.1 Å². The molecule has 0 saturated heterocycles. The molecule has 2 rings (SSSR count). The van der Waals surface area contributed by atoms with Gasteiger partial charge in [0.05, 0.1) is 12.7 Å². The van der Waals surface area contributed by atoms with Gasteiger partial charge in [-0.15, -0.1) is 11.3 Å². The molecule has 6 heteroatoms. The van der Waals surface area contributed by atoms with Crippen LogP contribution in [0.15, 0.2) is 23.7 Å². The van der Waals surface area contributed by atoms with Crippen LogP contribution in [0.3, 0.4) is 0 Å². The molecule has 2 aromatic rings. The van der Waals surface area contributed by atoms with Crippen LogP contribution in [0.2, 0.25) is 0 Å². The van der Waals surface area contributed by atoms with Crippen molar-refractivity contribution in [3.63, 3.8) is 0 Å². The van der Waals surface area contributed by atoms with E-state index in [9.17, 15) is 4.79 Å². The Morgan fingerprint density at radius 2 is 2.38 bits per heavy atom. The molecule has 0 amide bonds. The number of carbonyl (C=O) groups excluding carboxylic acids is 1. The summed E-state index contributed by atoms with van der Waals surface area (Å²) in [6.07, 6.45) is 1.60. The number of nitrogen functional groups attached to an aromatic ring is 1. The quantitative estimate of drug-likeness (QED) is 0.799. The fourth-order valence-corrected chi connectivity index (χ4v) is 2.02. The van der Waals surface area contributed by atoms with Crippen molar-refractivity contribution in [1.82, 2.24) is 9.97 Å². The first-order chi connectivity index (χ1) is 7.72. The lowest BCUT2D eigenvalue weighted by Crippen LogP contribution is -2.01. The molecular weight excluding hydrogens is 226 g/mol. The number of anilines is 1. The van der Waals surface area contributed by atoms with E-state index in [0.717, 1.165) is 5.56 Å². The molecule has 0 atom stereocenters. The minimum absolute atomic E-state index is 0.283. The van der Waals surface area contributed by atoms with Crippen LogP contribution < -0.4 is 5.73 Å². The number of methoxy groups -OCH3 is 1. The number of nitrogens with two attached hydrogens (primary N) is 1. The van der Waals surface area contributed by atoms with Crippen LogP contribution >= 0.6 is 11.3 Å². The van der Waals surface area contributed by atoms with Crippen molar-refractivity contribution in [2.45, 2.75) is 0 Å². The third-order valence-corrected chi connectivity index (χ3v) is 2.84. The van der Waals surface area contributed by atoms with E-state index in [0.29, 0.717) is 10.8 Å². The highest BCUT2D eigenvalue weighted by Gasteiger charge is 2.13. The second-order valence-corrected chi connectivity index (χ2v) is 3.82. The molecule has 16 heavy (non-hydrogen) atoms. The Kier molecular flexibility index (Phi) is 2.82. The Morgan fingerprint density at radius 1 is 1.56 bits per heavy atom. The molecule has 2 aromatic heterocycles. The maximum absolute atomic E-state index is 11.2. The summed E-state index contributed by atoms with van der Waals surface area (Å²) >= 11 is 1.33. The lowest BCUT2D eigenvalue weighted by atomic mass is 10.3. The van der Waals surface area contributed by atoms with Crippen molar-refractivity contribution in [2.75, 3.05) is 12.8 Å². The number of nitrogens with zero attached hydrogens (tertiary/aromatic N) is 2. The van der Waals surface area contributed by atoms with Crippen molar-refractivity contribution in [2.24, 2.45) is 0 Å². The van der Waals surface area contributed by atoms with Gasteiger partial charge in [0.1, 0.15) is 10.8 Å². The van der Waals surface area contributed by atoms with Gasteiger partial charge in [0.25, 0.3) is 0 Å². The summed E-state index contributed by atoms with van der Waals surface area (Å²) in [5.74, 6) is -0.0572. The summed E-state index contributed by atoms with van der Waals surface area (Å²) < 4.78 is 4.57. The molecule has 0 aliphatic carbocycles. The van der Waals surface area contributed by atoms with Gasteiger partial charge in [0, 0.05) is 11.6 Å². The fourth-order valence-electron chi connectivity index (χ4n) is 1.19. The van der Waals surface area contributed by atoms with Crippen molar-refractivity contribution in [3.05, 3.63) is 29.4 Å². The highest BCUT2D eigenvalue weighted by Crippen LogP contribution is 2.27. The average Bonchev–Trinajstić information content (AvgIpc) is 2.78. The molecule has 2 N–H and O–H groups in total. The smallest absolute Gasteiger partial charge is 0.357 e. The molecule has 0 spiro atoms. The second-order valence-electron chi connectivity index (χ2n) is 2.97. The van der Waals surface area contributed by atoms with E-state index in [4.69, 9.17) is 5.73 Å². The first kappa shape index (κ1) is 10.6. The Balaban J connectivity index is 2.39. The van der Waals surface area contributed by atoms with Crippen LogP contribution in [0.5, 0.6) is 0 Å². The minimum Gasteiger partial charge on any atom is -0.464 e. The molecule has 0 aliphatic heterocycles. The summed E-state index contributed by atoms with van der Waals surface area (Å²) in [6, 6.07) is 3.58. The van der Waals surface area contributed by atoms with E-state index < -0.39 is 5.97 Å². The molecule has 0 aromatic carbocycles. The molecule has 5 nitrogen and oxygen atoms in total. The van der Waals surface area contributed by atoms with E-state index >= 15 is 0 Å². The number of carbonyl (C=O) groups is 1. The second kappa shape index (κ2) is 4.28. The average molecular weight is 235 g/mol. The summed E-state index contributed by atoms with van der Waals surface area (Å²) in [6.45, 7) is 0. The molecule has 2 heterocycles. The number of thiazole rings is 1. The van der Waals surface area contributed by atoms with E-state index in [1.807, 2.05) is 6.07 Å². The van der Waals surface area contributed by atoms with Gasteiger partial charge in [-0.1, -0.05) is 0 Å². The first-order valence-corrected chi connectivity index (χ1v) is 5.35. The number of hydrogen-bond donors (Lipinski definition) is 1. The molecular formula is C10H9N3O2S. The summed E-state index contributed by atoms with van der Waals surface area (Å²) in [4.78, 5) is 19.3. The summed E-state index contributed by atoms with van der Waals surface area (Å²) in [5, 5.41) is 2.29. The van der Waals surface area contributed by atoms with Gasteiger partial charge >= 0.3 is 5.97 Å². The van der Waals surface area contributed by atoms with Crippen LogP contribution in [0.4, 0.5) is 5.82 Å². The molecule has 0 unspecified atom stereocenters. The first-order valence-electron chi connectivity index (χ1n) is 4.47. The van der Waals surface area contributed by atoms with Gasteiger partial charge in [0.2, 0.25) is 0 Å². The lowest BCUT2D eigenvalue weighted by molar-refractivity contribution is 0.0595. The number of hydrogen-bond acceptors (Lipinski definition) is 6. The van der Waals surface area contributed by atoms with Crippen molar-refractivity contribution in [3.8, 4) is 10.6 Å². The van der Waals surface area contributed by atoms with E-state index in [-0.39, 0.29) is 5.69 Å². The van der Waals surface area contributed by atoms with Crippen LogP contribution in [0.25, 0.3) is 10.6 Å². The van der Waals surface area contributed by atoms with Crippen LogP contribution in [0, 0.1) is 0 Å². The summed E-state index contributed by atoms with van der Waals surface area (Å²) in [5.41, 5.74) is 6.72. The van der Waals surface area contributed by atoms with Crippen LogP contribution in [-0.2, 0) is 4.74 Å². The van der Waals surface area contributed by atoms with E-state index in [1.54, 1.807) is 17.6 Å². The molecule has 0 aliphatic rings. The van der Waals surface area contributed by atoms with Crippen molar-refractivity contribution >= 4 is 23.1 Å². The highest BCUT2D eigenvalue weighted by atomic mass is 32.1. The zero-order valence-electron chi connectivity index (χ0n) is 8.51. The zero-order valence-corrected chi connectivity index (χ0v) is 9.32. The summed E-state index contributed by atoms with van der Waals surface area (Å²) in [7, 11) is 1.32. The number of ether oxygens (including phenoxy) is 1. The third-order valence-electron chi connectivity index (χ3n) is 1.97. The number of aromatic nitrogens is 2. The van der Waals surface area contributed by atoms with Gasteiger partial charge in [-0.3, -0.25) is 0 Å². The maximum atomic E-state index is 11.2. The number of pyridine rings is 1. The standard InChI is InChI=1S/C10H9N3O2S/c1-15-10(14)7-5-16-9(13-7)6-3-2-4-12-8(6)11/h2-5H,1H3,(H2,11,12). The van der Waals surface area contributed by atoms with Crippen LogP contribution in [0.1, 0.15) is 10.5 Å². The number of rotatable bonds is 2. The van der Waals surface area contributed by atoms with Crippen LogP contribution in [-0.4, -0.2) is 23.0 Å².